The predicted molar refractivity (Wildman–Crippen MR) is 520 cm³/mol. The Labute approximate surface area is 792 Å². The first-order valence-electron chi connectivity index (χ1n) is 46.6. The van der Waals surface area contributed by atoms with E-state index in [0.29, 0.717) is 119 Å². The Bertz CT molecular complexity index is 6000. The fourth-order valence-electron chi connectivity index (χ4n) is 19.6. The van der Waals surface area contributed by atoms with E-state index in [2.05, 4.69) is 149 Å². The Morgan fingerprint density at radius 2 is 0.920 bits per heavy atom. The van der Waals surface area contributed by atoms with E-state index in [0.717, 1.165) is 150 Å². The number of rotatable bonds is 25. The van der Waals surface area contributed by atoms with Crippen LogP contribution in [0, 0.1) is 35.0 Å². The van der Waals surface area contributed by atoms with E-state index in [9.17, 15) is 24.0 Å². The van der Waals surface area contributed by atoms with Gasteiger partial charge in [0.1, 0.15) is 29.1 Å². The van der Waals surface area contributed by atoms with Gasteiger partial charge in [-0.15, -0.1) is 0 Å². The van der Waals surface area contributed by atoms with Crippen molar-refractivity contribution in [2.45, 2.75) is 95.3 Å². The smallest absolute Gasteiger partial charge is 0.255 e. The summed E-state index contributed by atoms with van der Waals surface area (Å²) < 4.78 is 94.9. The van der Waals surface area contributed by atoms with Gasteiger partial charge in [0.15, 0.2) is 46.5 Å². The number of hydrogen-bond acceptors (Lipinski definition) is 27. The highest BCUT2D eigenvalue weighted by atomic mass is 19.1. The zero-order valence-corrected chi connectivity index (χ0v) is 77.1. The van der Waals surface area contributed by atoms with Crippen molar-refractivity contribution in [3.63, 3.8) is 0 Å². The third-order valence-corrected chi connectivity index (χ3v) is 27.1. The van der Waals surface area contributed by atoms with Crippen LogP contribution in [0.5, 0.6) is 0 Å². The standard InChI is InChI=1S/C27H33FN6O2.C26H30F2N6O2.C26H31FN6O2.C20H22FN7O2/c1-4-18(2)34-11-5-6-21(17-34)32(3)26-24(28)22-16-29-27(35)23(22)25(31-26)30-19-7-9-20(10-8-19)33-12-14-36-15-13-33;1-3-16(2)34-8-4-5-17(15-34)30-25-23(28)19-14-29-26(35)22(19)24(32-25)31-21-7-6-18(13-20(21)27)33-9-11-36-12-10-33;1-3-17(2)33-9-5-7-19(16-33)30-25-23(27)21-15-28-26(34)22(21)24(31-25)29-18-6-4-8-20(14-18)32-10-12-35-13-11-32;1-3-15(29)27-8-11-4-5-28(14(11)10-27)19-17(21)13-7-22-20(30)16(13)18(25-19)24-12-6-23-26(2)9-12/h4,7-10,21H,1-2,5-6,11-17H2,3H3,(H,29,35)(H,30,31);3,6-7,13,17H,1-2,4-5,8-12,14-15H2,(H,29,35)(H2,30,31,32);3-4,6,8,14,19H,1-2,5,7,9-13,15-16H2,(H,28,34)(H2,29,30,31);3,6,9,11,14H,1,4-5,7-8,10H2,2H3,(H,22,30)(H,24,25). The molecule has 5 atom stereocenters. The summed E-state index contributed by atoms with van der Waals surface area (Å²) in [6.07, 6.45) is 16.2. The van der Waals surface area contributed by atoms with E-state index in [1.807, 2.05) is 76.3 Å². The van der Waals surface area contributed by atoms with Crippen molar-refractivity contribution in [3.05, 3.63) is 240 Å². The van der Waals surface area contributed by atoms with Crippen LogP contribution >= 0.6 is 0 Å². The molecule has 0 bridgehead atoms. The van der Waals surface area contributed by atoms with E-state index >= 15 is 22.0 Å². The zero-order valence-electron chi connectivity index (χ0n) is 77.1. The number of morpholine rings is 3. The van der Waals surface area contributed by atoms with Crippen LogP contribution in [-0.4, -0.2) is 248 Å². The van der Waals surface area contributed by atoms with Crippen molar-refractivity contribution in [1.29, 1.82) is 0 Å². The number of allylic oxidation sites excluding steroid dienone is 3. The number of carbonyl (C=O) groups excluding carboxylic acids is 5. The molecule has 12 aliphatic rings. The summed E-state index contributed by atoms with van der Waals surface area (Å²) in [6, 6.07) is 20.8. The van der Waals surface area contributed by atoms with Crippen molar-refractivity contribution in [2.75, 3.05) is 201 Å². The van der Waals surface area contributed by atoms with Gasteiger partial charge < -0.3 is 111 Å². The molecule has 17 heterocycles. The molecule has 20 rings (SSSR count). The average molecular weight is 1880 g/mol. The molecule has 0 saturated carbocycles. The predicted octanol–water partition coefficient (Wildman–Crippen LogP) is 12.2. The Hall–Kier alpha value is -14.3. The highest BCUT2D eigenvalue weighted by Crippen LogP contribution is 2.43. The molecule has 8 saturated heterocycles. The number of fused-ring (bicyclic) bond motifs is 5. The van der Waals surface area contributed by atoms with Gasteiger partial charge in [0.05, 0.1) is 85.5 Å². The lowest BCUT2D eigenvalue weighted by Gasteiger charge is -2.39. The van der Waals surface area contributed by atoms with Crippen LogP contribution < -0.4 is 77.7 Å². The van der Waals surface area contributed by atoms with Gasteiger partial charge in [-0.1, -0.05) is 52.1 Å². The number of likely N-dealkylation sites (tertiary alicyclic amines) is 4. The molecular weight excluding hydrogens is 1760 g/mol. The summed E-state index contributed by atoms with van der Waals surface area (Å²) in [6.45, 7) is 42.8. The molecule has 0 spiro atoms. The van der Waals surface area contributed by atoms with Gasteiger partial charge in [0, 0.05) is 236 Å². The minimum Gasteiger partial charge on any atom is -0.378 e. The lowest BCUT2D eigenvalue weighted by Crippen LogP contribution is -2.46. The molecule has 3 aromatic carbocycles. The minimum atomic E-state index is -0.572. The number of nitrogens with one attached hydrogen (secondary N) is 10. The number of anilines is 15. The molecule has 12 aliphatic heterocycles. The molecule has 8 fully saturated rings. The molecule has 5 aromatic heterocycles. The highest BCUT2D eigenvalue weighted by molar-refractivity contribution is 6.06. The minimum absolute atomic E-state index is 0.00284. The van der Waals surface area contributed by atoms with Crippen molar-refractivity contribution in [2.24, 2.45) is 13.0 Å². The van der Waals surface area contributed by atoms with Crippen molar-refractivity contribution < 1.29 is 60.1 Å². The van der Waals surface area contributed by atoms with Crippen molar-refractivity contribution >= 4 is 116 Å². The molecule has 8 aromatic rings. The SMILES string of the molecule is C=CC(=C)N1CCCC(N(C)c2nc(Nc3ccc(N4CCOCC4)cc3)c3c(c2F)CNC3=O)C1.C=CC(=C)N1CCCC(Nc2nc(Nc3ccc(N4CCOCC4)cc3F)c3c(c2F)CNC3=O)C1.C=CC(=C)N1CCCC(Nc2nc(Nc3cccc(N4CCOCC4)c3)c3c(c2F)CNC3=O)C1.C=CC(=O)N1CC2CCN(c3nc(Nc4cnn(C)c4)c4c(c3F)CNC4=O)C2C1. The normalized spacial score (nSPS) is 20.1. The number of pyridine rings is 4. The summed E-state index contributed by atoms with van der Waals surface area (Å²) in [5, 5.41) is 34.0. The number of likely N-dealkylation sites (N-methyl/N-ethyl adjacent to an activating group) is 1. The summed E-state index contributed by atoms with van der Waals surface area (Å²) in [4.78, 5) is 98.8. The molecule has 5 unspecified atom stereocenters. The molecule has 38 heteroatoms. The van der Waals surface area contributed by atoms with Gasteiger partial charge in [0.25, 0.3) is 23.6 Å². The number of nitrogens with zero attached hydrogens (tertiary/aromatic N) is 15. The Morgan fingerprint density at radius 1 is 0.460 bits per heavy atom. The van der Waals surface area contributed by atoms with Crippen LogP contribution in [0.1, 0.15) is 109 Å². The Morgan fingerprint density at radius 3 is 1.43 bits per heavy atom. The molecular formula is C99H116F5N25O8. The second-order valence-corrected chi connectivity index (χ2v) is 35.6. The number of amides is 5. The van der Waals surface area contributed by atoms with E-state index in [1.165, 1.54) is 12.1 Å². The molecule has 720 valence electrons. The molecule has 5 amide bonds. The number of ether oxygens (including phenoxy) is 3. The largest absolute Gasteiger partial charge is 0.378 e. The van der Waals surface area contributed by atoms with Gasteiger partial charge in [-0.2, -0.15) is 5.10 Å². The number of hydrogen-bond donors (Lipinski definition) is 10. The molecule has 10 N–H and O–H groups in total. The van der Waals surface area contributed by atoms with Gasteiger partial charge in [-0.3, -0.25) is 28.7 Å². The molecule has 137 heavy (non-hydrogen) atoms. The van der Waals surface area contributed by atoms with Crippen LogP contribution in [0.15, 0.2) is 167 Å². The lowest BCUT2D eigenvalue weighted by atomic mass is 10.0. The third kappa shape index (κ3) is 20.6. The first-order chi connectivity index (χ1) is 66.4. The van der Waals surface area contributed by atoms with Crippen LogP contribution in [0.2, 0.25) is 0 Å². The third-order valence-electron chi connectivity index (χ3n) is 27.1. The van der Waals surface area contributed by atoms with Gasteiger partial charge in [-0.25, -0.2) is 41.9 Å². The van der Waals surface area contributed by atoms with E-state index < -0.39 is 35.0 Å². The topological polar surface area (TPSA) is 332 Å². The maximum atomic E-state index is 15.7. The summed E-state index contributed by atoms with van der Waals surface area (Å²) in [7, 11) is 3.65. The quantitative estimate of drug-likeness (QED) is 0.0144. The van der Waals surface area contributed by atoms with Gasteiger partial charge in [0.2, 0.25) is 5.91 Å². The Kier molecular flexibility index (Phi) is 28.9. The fraction of sp³-hybridized carbons (Fsp3) is 0.394. The highest BCUT2D eigenvalue weighted by Gasteiger charge is 2.46. The van der Waals surface area contributed by atoms with Crippen molar-refractivity contribution in [3.8, 4) is 0 Å². The number of aryl methyl sites for hydroxylation is 1. The Balaban J connectivity index is 0.000000127. The number of carbonyl (C=O) groups is 5. The first kappa shape index (κ1) is 94.5. The summed E-state index contributed by atoms with van der Waals surface area (Å²) >= 11 is 0. The van der Waals surface area contributed by atoms with E-state index in [1.54, 1.807) is 53.3 Å². The maximum absolute atomic E-state index is 15.7. The average Bonchev–Trinajstić information content (AvgIpc) is 1.60. The summed E-state index contributed by atoms with van der Waals surface area (Å²) in [5.41, 5.74) is 9.93. The zero-order chi connectivity index (χ0) is 95.8. The van der Waals surface area contributed by atoms with Gasteiger partial charge in [-0.05, 0) is 130 Å². The molecule has 0 radical (unpaired) electrons. The first-order valence-corrected chi connectivity index (χ1v) is 46.6. The monoisotopic (exact) mass is 1880 g/mol. The summed E-state index contributed by atoms with van der Waals surface area (Å²) in [5.74, 6) is -1.95. The second-order valence-electron chi connectivity index (χ2n) is 35.6. The van der Waals surface area contributed by atoms with Gasteiger partial charge >= 0.3 is 0 Å². The lowest BCUT2D eigenvalue weighted by molar-refractivity contribution is -0.125. The number of aromatic nitrogens is 6. The number of piperidine rings is 3. The number of benzene rings is 3. The fourth-order valence-corrected chi connectivity index (χ4v) is 19.6. The van der Waals surface area contributed by atoms with Crippen LogP contribution in [0.3, 0.4) is 0 Å². The maximum Gasteiger partial charge on any atom is 0.255 e. The number of halogens is 5. The molecule has 0 aliphatic carbocycles. The molecule has 33 nitrogen and oxygen atoms in total. The van der Waals surface area contributed by atoms with Crippen LogP contribution in [0.4, 0.5) is 108 Å². The second kappa shape index (κ2) is 41.9. The van der Waals surface area contributed by atoms with Crippen LogP contribution in [-0.2, 0) is 52.2 Å². The van der Waals surface area contributed by atoms with E-state index in [4.69, 9.17) is 14.2 Å². The van der Waals surface area contributed by atoms with E-state index in [-0.39, 0.29) is 142 Å². The van der Waals surface area contributed by atoms with Crippen molar-refractivity contribution in [1.82, 2.24) is 70.6 Å². The van der Waals surface area contributed by atoms with Crippen LogP contribution in [0.25, 0.3) is 0 Å².